The number of halogens is 7. The summed E-state index contributed by atoms with van der Waals surface area (Å²) in [5, 5.41) is 0. The molecule has 0 spiro atoms. The van der Waals surface area contributed by atoms with Crippen LogP contribution in [0.3, 0.4) is 0 Å². The van der Waals surface area contributed by atoms with Crippen molar-refractivity contribution in [2.45, 2.75) is 85.8 Å². The monoisotopic (exact) mass is 650 g/mol. The molecule has 0 aliphatic heterocycles. The van der Waals surface area contributed by atoms with E-state index in [1.54, 1.807) is 13.8 Å². The zero-order valence-corrected chi connectivity index (χ0v) is 21.7. The molecule has 4 bridgehead atoms. The second-order valence-electron chi connectivity index (χ2n) is 10.3. The predicted octanol–water partition coefficient (Wildman–Crippen LogP) is 4.77. The number of ether oxygens (including phenoxy) is 2. The Morgan fingerprint density at radius 2 is 1.51 bits per heavy atom. The average Bonchev–Trinajstić information content (AvgIpc) is 2.62. The third kappa shape index (κ3) is 5.27. The predicted molar refractivity (Wildman–Crippen MR) is 116 cm³/mol. The molecule has 0 aromatic heterocycles. The van der Waals surface area contributed by atoms with Crippen molar-refractivity contribution in [3.63, 3.8) is 0 Å². The van der Waals surface area contributed by atoms with E-state index in [0.717, 1.165) is 0 Å². The third-order valence-electron chi connectivity index (χ3n) is 7.41. The Labute approximate surface area is 211 Å². The highest BCUT2D eigenvalue weighted by Crippen LogP contribution is 2.64. The van der Waals surface area contributed by atoms with Gasteiger partial charge in [0.1, 0.15) is 14.8 Å². The van der Waals surface area contributed by atoms with Crippen LogP contribution >= 0.6 is 22.6 Å². The second-order valence-corrected chi connectivity index (χ2v) is 14.1. The van der Waals surface area contributed by atoms with E-state index < -0.39 is 60.2 Å². The Morgan fingerprint density at radius 1 is 1.03 bits per heavy atom. The van der Waals surface area contributed by atoms with Crippen LogP contribution in [-0.2, 0) is 29.2 Å². The summed E-state index contributed by atoms with van der Waals surface area (Å²) >= 11 is 1.89. The van der Waals surface area contributed by atoms with Gasteiger partial charge in [0.2, 0.25) is 0 Å². The van der Waals surface area contributed by atoms with Gasteiger partial charge in [-0.2, -0.15) is 34.8 Å². The van der Waals surface area contributed by atoms with Crippen LogP contribution in [0.15, 0.2) is 0 Å². The zero-order valence-electron chi connectivity index (χ0n) is 18.8. The molecule has 4 rings (SSSR count). The molecule has 3 atom stereocenters. The lowest BCUT2D eigenvalue weighted by Crippen LogP contribution is -2.66. The summed E-state index contributed by atoms with van der Waals surface area (Å²) in [6, 6.07) is 0. The Morgan fingerprint density at radius 3 is 1.91 bits per heavy atom. The molecule has 4 saturated carbocycles. The Kier molecular flexibility index (Phi) is 7.06. The van der Waals surface area contributed by atoms with Gasteiger partial charge in [-0.15, -0.1) is 0 Å². The molecule has 1 N–H and O–H groups in total. The molecule has 15 heteroatoms. The van der Waals surface area contributed by atoms with Gasteiger partial charge in [0.05, 0.1) is 5.41 Å². The van der Waals surface area contributed by atoms with Gasteiger partial charge in [-0.25, -0.2) is 0 Å². The largest absolute Gasteiger partial charge is 0.458 e. The number of hydrogen-bond acceptors (Lipinski definition) is 6. The van der Waals surface area contributed by atoms with E-state index >= 15 is 0 Å². The summed E-state index contributed by atoms with van der Waals surface area (Å²) < 4.78 is 122. The second kappa shape index (κ2) is 8.60. The normalized spacial score (nSPS) is 32.7. The quantitative estimate of drug-likeness (QED) is 0.139. The molecular weight excluding hydrogens is 625 g/mol. The molecule has 3 unspecified atom stereocenters. The fourth-order valence-corrected chi connectivity index (χ4v) is 6.99. The molecule has 0 aromatic carbocycles. The highest BCUT2D eigenvalue weighted by Gasteiger charge is 2.77. The van der Waals surface area contributed by atoms with Crippen LogP contribution in [0.1, 0.15) is 58.8 Å². The molecular formula is C20H25F6IO7S. The summed E-state index contributed by atoms with van der Waals surface area (Å²) in [6.07, 6.45) is -11.7. The van der Waals surface area contributed by atoms with E-state index in [2.05, 4.69) is 4.74 Å². The molecule has 0 heterocycles. The van der Waals surface area contributed by atoms with Crippen molar-refractivity contribution in [1.29, 1.82) is 0 Å². The van der Waals surface area contributed by atoms with Gasteiger partial charge < -0.3 is 9.47 Å². The maximum Gasteiger partial charge on any atom is 0.438 e. The minimum Gasteiger partial charge on any atom is -0.458 e. The smallest absolute Gasteiger partial charge is 0.438 e. The first-order valence-electron chi connectivity index (χ1n) is 10.8. The van der Waals surface area contributed by atoms with E-state index in [1.807, 2.05) is 22.6 Å². The molecule has 0 saturated heterocycles. The van der Waals surface area contributed by atoms with Crippen LogP contribution in [0.5, 0.6) is 0 Å². The zero-order chi connectivity index (χ0) is 26.9. The number of alkyl halides is 7. The molecule has 4 aliphatic carbocycles. The fourth-order valence-electron chi connectivity index (χ4n) is 5.98. The minimum atomic E-state index is -6.40. The number of rotatable bonds is 7. The molecule has 4 aliphatic rings. The fraction of sp³-hybridized carbons (Fsp3) is 0.900. The van der Waals surface area contributed by atoms with Crippen molar-refractivity contribution in [3.05, 3.63) is 0 Å². The molecule has 35 heavy (non-hydrogen) atoms. The maximum atomic E-state index is 13.7. The van der Waals surface area contributed by atoms with Gasteiger partial charge >= 0.3 is 29.9 Å². The number of hydrogen-bond donors (Lipinski definition) is 1. The molecule has 0 aromatic rings. The van der Waals surface area contributed by atoms with Crippen molar-refractivity contribution >= 4 is 44.6 Å². The van der Waals surface area contributed by atoms with Crippen LogP contribution in [-0.4, -0.2) is 57.6 Å². The van der Waals surface area contributed by atoms with Gasteiger partial charge in [0.25, 0.3) is 10.1 Å². The maximum absolute atomic E-state index is 13.7. The standard InChI is InChI=1S/C20H25F6IO7S/c1-3-15(2,27)13(28)33-17-7-11-4-12(8-17)6-16(5-11,9-17)14(29)34-18(19(21,22)23,20(24,25)26)10-35(30,31)32/h11-12H,3-10H2,1-2H3,(H,30,31,32). The Bertz CT molecular complexity index is 963. The SMILES string of the molecule is CCC(C)(I)C(=O)OC12CC3CC(C1)CC(C(=O)OC(CS(=O)(=O)O)(C(F)(F)F)C(F)(F)F)(C3)C2. The van der Waals surface area contributed by atoms with Gasteiger partial charge in [-0.1, -0.05) is 29.5 Å². The van der Waals surface area contributed by atoms with E-state index in [-0.39, 0.29) is 31.1 Å². The van der Waals surface area contributed by atoms with Crippen LogP contribution in [0.4, 0.5) is 26.3 Å². The van der Waals surface area contributed by atoms with Crippen molar-refractivity contribution in [3.8, 4) is 0 Å². The summed E-state index contributed by atoms with van der Waals surface area (Å²) in [4.78, 5) is 25.9. The van der Waals surface area contributed by atoms with Crippen molar-refractivity contribution in [2.75, 3.05) is 5.75 Å². The van der Waals surface area contributed by atoms with E-state index in [1.165, 1.54) is 0 Å². The highest BCUT2D eigenvalue weighted by atomic mass is 127. The Balaban J connectivity index is 1.99. The lowest BCUT2D eigenvalue weighted by molar-refractivity contribution is -0.364. The summed E-state index contributed by atoms with van der Waals surface area (Å²) in [5.74, 6) is -5.99. The van der Waals surface area contributed by atoms with Gasteiger partial charge in [-0.3, -0.25) is 14.1 Å². The van der Waals surface area contributed by atoms with Crippen LogP contribution < -0.4 is 0 Å². The molecule has 0 radical (unpaired) electrons. The summed E-state index contributed by atoms with van der Waals surface area (Å²) in [5.41, 5.74) is -8.52. The number of esters is 2. The lowest BCUT2D eigenvalue weighted by atomic mass is 9.48. The first-order chi connectivity index (χ1) is 15.6. The van der Waals surface area contributed by atoms with Gasteiger partial charge in [0.15, 0.2) is 0 Å². The lowest BCUT2D eigenvalue weighted by Gasteiger charge is -2.60. The third-order valence-corrected chi connectivity index (χ3v) is 9.38. The van der Waals surface area contributed by atoms with E-state index in [9.17, 15) is 44.3 Å². The van der Waals surface area contributed by atoms with Crippen LogP contribution in [0.2, 0.25) is 0 Å². The first kappa shape index (κ1) is 28.7. The summed E-state index contributed by atoms with van der Waals surface area (Å²) in [7, 11) is -5.88. The average molecular weight is 650 g/mol. The van der Waals surface area contributed by atoms with E-state index in [0.29, 0.717) is 25.7 Å². The van der Waals surface area contributed by atoms with Crippen LogP contribution in [0, 0.1) is 17.3 Å². The van der Waals surface area contributed by atoms with Crippen molar-refractivity contribution in [1.82, 2.24) is 0 Å². The first-order valence-corrected chi connectivity index (χ1v) is 13.5. The molecule has 202 valence electrons. The number of carbonyl (C=O) groups excluding carboxylic acids is 2. The Hall–Kier alpha value is -0.840. The van der Waals surface area contributed by atoms with Crippen molar-refractivity contribution in [2.24, 2.45) is 17.3 Å². The topological polar surface area (TPSA) is 107 Å². The van der Waals surface area contributed by atoms with Crippen molar-refractivity contribution < 1.29 is 58.4 Å². The summed E-state index contributed by atoms with van der Waals surface area (Å²) in [6.45, 7) is 3.37. The molecule has 0 amide bonds. The van der Waals surface area contributed by atoms with Gasteiger partial charge in [-0.05, 0) is 57.3 Å². The molecule has 7 nitrogen and oxygen atoms in total. The highest BCUT2D eigenvalue weighted by molar-refractivity contribution is 14.1. The number of carbonyl (C=O) groups is 2. The molecule has 4 fully saturated rings. The van der Waals surface area contributed by atoms with Crippen LogP contribution in [0.25, 0.3) is 0 Å². The van der Waals surface area contributed by atoms with E-state index in [4.69, 9.17) is 9.29 Å². The minimum absolute atomic E-state index is 0.0748. The van der Waals surface area contributed by atoms with Gasteiger partial charge in [0, 0.05) is 6.42 Å².